The van der Waals surface area contributed by atoms with Gasteiger partial charge < -0.3 is 20.1 Å². The lowest BCUT2D eigenvalue weighted by Crippen LogP contribution is -2.52. The summed E-state index contributed by atoms with van der Waals surface area (Å²) in [4.78, 5) is 10.9. The van der Waals surface area contributed by atoms with Crippen molar-refractivity contribution < 1.29 is 9.84 Å². The third-order valence-electron chi connectivity index (χ3n) is 4.65. The third kappa shape index (κ3) is 6.25. The molecule has 2 heterocycles. The lowest BCUT2D eigenvalue weighted by molar-refractivity contribution is 0.173. The van der Waals surface area contributed by atoms with Crippen LogP contribution in [-0.4, -0.2) is 60.7 Å². The zero-order valence-electron chi connectivity index (χ0n) is 16.4. The van der Waals surface area contributed by atoms with Gasteiger partial charge in [-0.25, -0.2) is 4.99 Å². The van der Waals surface area contributed by atoms with E-state index in [0.29, 0.717) is 6.54 Å². The molecule has 154 valence electrons. The molecule has 2 aromatic rings. The van der Waals surface area contributed by atoms with Crippen molar-refractivity contribution in [2.45, 2.75) is 20.0 Å². The van der Waals surface area contributed by atoms with Gasteiger partial charge in [0.05, 0.1) is 13.7 Å². The first kappa shape index (κ1) is 22.8. The molecule has 2 N–H and O–H groups in total. The normalized spacial score (nSPS) is 15.2. The minimum Gasteiger partial charge on any atom is -0.508 e. The maximum Gasteiger partial charge on any atom is 0.194 e. The molecule has 1 aromatic heterocycles. The van der Waals surface area contributed by atoms with Gasteiger partial charge >= 0.3 is 0 Å². The van der Waals surface area contributed by atoms with Gasteiger partial charge in [-0.05, 0) is 36.6 Å². The van der Waals surface area contributed by atoms with Crippen molar-refractivity contribution in [1.82, 2.24) is 15.1 Å². The second kappa shape index (κ2) is 11.5. The predicted octanol–water partition coefficient (Wildman–Crippen LogP) is 3.36. The number of rotatable bonds is 6. The van der Waals surface area contributed by atoms with Gasteiger partial charge in [-0.2, -0.15) is 0 Å². The Bertz CT molecular complexity index is 747. The smallest absolute Gasteiger partial charge is 0.194 e. The van der Waals surface area contributed by atoms with E-state index in [4.69, 9.17) is 9.73 Å². The summed E-state index contributed by atoms with van der Waals surface area (Å²) in [6.07, 6.45) is 0. The number of guanidine groups is 1. The van der Waals surface area contributed by atoms with Gasteiger partial charge in [-0.1, -0.05) is 6.07 Å². The summed E-state index contributed by atoms with van der Waals surface area (Å²) < 4.78 is 5.24. The van der Waals surface area contributed by atoms with Crippen LogP contribution in [0.3, 0.4) is 0 Å². The van der Waals surface area contributed by atoms with Crippen molar-refractivity contribution in [1.29, 1.82) is 0 Å². The summed E-state index contributed by atoms with van der Waals surface area (Å²) in [5.74, 6) is 1.87. The Kier molecular flexibility index (Phi) is 9.33. The van der Waals surface area contributed by atoms with Crippen LogP contribution >= 0.6 is 35.3 Å². The van der Waals surface area contributed by atoms with Crippen molar-refractivity contribution >= 4 is 41.3 Å². The number of aliphatic imine (C=N–C) groups is 1. The quantitative estimate of drug-likeness (QED) is 0.351. The highest BCUT2D eigenvalue weighted by molar-refractivity contribution is 14.0. The number of hydrogen-bond donors (Lipinski definition) is 2. The molecule has 28 heavy (non-hydrogen) atoms. The number of piperazine rings is 1. The fourth-order valence-corrected chi connectivity index (χ4v) is 3.89. The minimum absolute atomic E-state index is 0. The molecule has 0 atom stereocenters. The zero-order valence-corrected chi connectivity index (χ0v) is 19.6. The molecule has 3 rings (SSSR count). The molecule has 6 nitrogen and oxygen atoms in total. The van der Waals surface area contributed by atoms with E-state index in [-0.39, 0.29) is 29.7 Å². The molecule has 1 fully saturated rings. The van der Waals surface area contributed by atoms with Crippen LogP contribution in [-0.2, 0) is 13.1 Å². The fourth-order valence-electron chi connectivity index (χ4n) is 3.14. The van der Waals surface area contributed by atoms with Crippen molar-refractivity contribution in [2.75, 3.05) is 39.8 Å². The van der Waals surface area contributed by atoms with Crippen molar-refractivity contribution in [3.8, 4) is 11.5 Å². The second-order valence-corrected chi connectivity index (χ2v) is 7.54. The Labute approximate surface area is 188 Å². The zero-order chi connectivity index (χ0) is 19.1. The second-order valence-electron chi connectivity index (χ2n) is 6.51. The summed E-state index contributed by atoms with van der Waals surface area (Å²) in [5.41, 5.74) is 0.765. The predicted molar refractivity (Wildman–Crippen MR) is 126 cm³/mol. The average Bonchev–Trinajstić information content (AvgIpc) is 3.20. The average molecular weight is 516 g/mol. The first-order chi connectivity index (χ1) is 13.2. The molecule has 1 aliphatic rings. The first-order valence-electron chi connectivity index (χ1n) is 9.33. The van der Waals surface area contributed by atoms with Crippen LogP contribution in [0.25, 0.3) is 0 Å². The molecule has 1 aromatic carbocycles. The minimum atomic E-state index is 0. The van der Waals surface area contributed by atoms with Gasteiger partial charge in [0.1, 0.15) is 11.5 Å². The summed E-state index contributed by atoms with van der Waals surface area (Å²) in [6.45, 7) is 8.27. The molecule has 0 amide bonds. The summed E-state index contributed by atoms with van der Waals surface area (Å²) in [6, 6.07) is 9.55. The first-order valence-corrected chi connectivity index (χ1v) is 10.2. The maximum atomic E-state index is 10.1. The van der Waals surface area contributed by atoms with E-state index in [9.17, 15) is 5.11 Å². The van der Waals surface area contributed by atoms with Crippen LogP contribution in [0.4, 0.5) is 0 Å². The van der Waals surface area contributed by atoms with E-state index < -0.39 is 0 Å². The molecule has 0 aliphatic carbocycles. The van der Waals surface area contributed by atoms with E-state index in [1.54, 1.807) is 19.2 Å². The molecule has 8 heteroatoms. The van der Waals surface area contributed by atoms with Gasteiger partial charge in [0.2, 0.25) is 0 Å². The lowest BCUT2D eigenvalue weighted by atomic mass is 10.2. The monoisotopic (exact) mass is 516 g/mol. The Morgan fingerprint density at radius 3 is 2.68 bits per heavy atom. The van der Waals surface area contributed by atoms with Crippen molar-refractivity contribution in [2.24, 2.45) is 4.99 Å². The third-order valence-corrected chi connectivity index (χ3v) is 5.51. The highest BCUT2D eigenvalue weighted by Crippen LogP contribution is 2.23. The number of halogens is 1. The van der Waals surface area contributed by atoms with Crippen LogP contribution < -0.4 is 10.1 Å². The molecule has 0 radical (unpaired) electrons. The Hall–Kier alpha value is -1.52. The van der Waals surface area contributed by atoms with Crippen LogP contribution in [0.15, 0.2) is 40.7 Å². The van der Waals surface area contributed by atoms with Gasteiger partial charge in [0, 0.05) is 49.7 Å². The van der Waals surface area contributed by atoms with Gasteiger partial charge in [-0.15, -0.1) is 35.3 Å². The molecule has 0 spiro atoms. The van der Waals surface area contributed by atoms with Crippen molar-refractivity contribution in [3.63, 3.8) is 0 Å². The van der Waals surface area contributed by atoms with Crippen molar-refractivity contribution in [3.05, 3.63) is 46.2 Å². The van der Waals surface area contributed by atoms with E-state index in [1.165, 1.54) is 4.88 Å². The number of phenols is 1. The lowest BCUT2D eigenvalue weighted by Gasteiger charge is -2.36. The molecule has 0 saturated carbocycles. The molecular formula is C20H29IN4O2S. The van der Waals surface area contributed by atoms with Gasteiger partial charge in [0.15, 0.2) is 5.96 Å². The number of hydrogen-bond acceptors (Lipinski definition) is 5. The SMILES string of the molecule is CCNC(=NCc1cc(OC)ccc1O)N1CCN(Cc2cccs2)CC1.I. The number of nitrogens with one attached hydrogen (secondary N) is 1. The molecule has 1 aliphatic heterocycles. The molecule has 0 bridgehead atoms. The molecular weight excluding hydrogens is 487 g/mol. The largest absolute Gasteiger partial charge is 0.508 e. The maximum absolute atomic E-state index is 10.1. The molecule has 0 unspecified atom stereocenters. The highest BCUT2D eigenvalue weighted by Gasteiger charge is 2.20. The number of thiophene rings is 1. The summed E-state index contributed by atoms with van der Waals surface area (Å²) in [7, 11) is 1.62. The number of phenolic OH excluding ortho intramolecular Hbond substituents is 1. The molecule has 1 saturated heterocycles. The van der Waals surface area contributed by atoms with Gasteiger partial charge in [0.25, 0.3) is 0 Å². The Morgan fingerprint density at radius 1 is 1.25 bits per heavy atom. The topological polar surface area (TPSA) is 60.3 Å². The Balaban J connectivity index is 0.00000280. The van der Waals surface area contributed by atoms with Crippen LogP contribution in [0.2, 0.25) is 0 Å². The van der Waals surface area contributed by atoms with E-state index in [0.717, 1.165) is 56.5 Å². The number of aromatic hydroxyl groups is 1. The van der Waals surface area contributed by atoms with E-state index >= 15 is 0 Å². The fraction of sp³-hybridized carbons (Fsp3) is 0.450. The van der Waals surface area contributed by atoms with Gasteiger partial charge in [-0.3, -0.25) is 4.90 Å². The van der Waals surface area contributed by atoms with E-state index in [1.807, 2.05) is 17.4 Å². The Morgan fingerprint density at radius 2 is 2.04 bits per heavy atom. The summed E-state index contributed by atoms with van der Waals surface area (Å²) >= 11 is 1.82. The highest BCUT2D eigenvalue weighted by atomic mass is 127. The van der Waals surface area contributed by atoms with Crippen LogP contribution in [0.5, 0.6) is 11.5 Å². The standard InChI is InChI=1S/C20H28N4O2S.HI/c1-3-21-20(22-14-16-13-17(26-2)6-7-19(16)25)24-10-8-23(9-11-24)15-18-5-4-12-27-18;/h4-7,12-13,25H,3,8-11,14-15H2,1-2H3,(H,21,22);1H. The number of benzene rings is 1. The number of ether oxygens (including phenoxy) is 1. The van der Waals surface area contributed by atoms with Crippen LogP contribution in [0, 0.1) is 0 Å². The van der Waals surface area contributed by atoms with Crippen LogP contribution in [0.1, 0.15) is 17.4 Å². The number of nitrogens with zero attached hydrogens (tertiary/aromatic N) is 3. The number of methoxy groups -OCH3 is 1. The van der Waals surface area contributed by atoms with E-state index in [2.05, 4.69) is 39.6 Å². The summed E-state index contributed by atoms with van der Waals surface area (Å²) in [5, 5.41) is 15.6.